The molecule has 1 aromatic carbocycles. The number of sulfone groups is 1. The van der Waals surface area contributed by atoms with Crippen molar-refractivity contribution in [3.63, 3.8) is 0 Å². The number of carbonyl (C=O) groups excluding carboxylic acids is 1. The van der Waals surface area contributed by atoms with Crippen molar-refractivity contribution in [2.24, 2.45) is 5.92 Å². The third-order valence-electron chi connectivity index (χ3n) is 3.99. The number of carbonyl (C=O) groups is 1. The van der Waals surface area contributed by atoms with Gasteiger partial charge in [-0.1, -0.05) is 19.1 Å². The molecule has 1 atom stereocenters. The predicted molar refractivity (Wildman–Crippen MR) is 86.7 cm³/mol. The molecule has 0 aliphatic carbocycles. The molecular formula is C16H24N2O3S. The van der Waals surface area contributed by atoms with Gasteiger partial charge in [-0.25, -0.2) is 8.42 Å². The Balaban J connectivity index is 2.24. The first-order chi connectivity index (χ1) is 10.5. The fourth-order valence-electron chi connectivity index (χ4n) is 2.94. The number of likely N-dealkylation sites (tertiary alicyclic amines) is 1. The number of amides is 1. The predicted octanol–water partition coefficient (Wildman–Crippen LogP) is 1.55. The molecule has 5 nitrogen and oxygen atoms in total. The topological polar surface area (TPSA) is 66.5 Å². The first-order valence-electron chi connectivity index (χ1n) is 7.75. The van der Waals surface area contributed by atoms with E-state index in [0.29, 0.717) is 31.0 Å². The van der Waals surface area contributed by atoms with Crippen molar-refractivity contribution in [1.29, 1.82) is 0 Å². The molecule has 0 unspecified atom stereocenters. The van der Waals surface area contributed by atoms with Crippen LogP contribution in [-0.2, 0) is 9.84 Å². The first kappa shape index (κ1) is 17.0. The lowest BCUT2D eigenvalue weighted by Crippen LogP contribution is -2.31. The molecule has 0 saturated carbocycles. The zero-order valence-corrected chi connectivity index (χ0v) is 14.0. The molecule has 0 spiro atoms. The number of nitrogens with one attached hydrogen (secondary N) is 1. The molecule has 22 heavy (non-hydrogen) atoms. The Labute approximate surface area is 132 Å². The molecule has 1 amide bonds. The fraction of sp³-hybridized carbons (Fsp3) is 0.562. The van der Waals surface area contributed by atoms with Crippen LogP contribution in [0.4, 0.5) is 0 Å². The highest BCUT2D eigenvalue weighted by Gasteiger charge is 2.29. The summed E-state index contributed by atoms with van der Waals surface area (Å²) in [6, 6.07) is 6.56. The molecule has 0 radical (unpaired) electrons. The van der Waals surface area contributed by atoms with E-state index in [9.17, 15) is 13.2 Å². The van der Waals surface area contributed by atoms with Gasteiger partial charge in [0.25, 0.3) is 5.91 Å². The minimum atomic E-state index is -3.40. The number of nitrogens with zero attached hydrogens (tertiary/aromatic N) is 1. The fourth-order valence-corrected chi connectivity index (χ4v) is 4.47. The van der Waals surface area contributed by atoms with E-state index >= 15 is 0 Å². The van der Waals surface area contributed by atoms with E-state index in [1.165, 1.54) is 0 Å². The quantitative estimate of drug-likeness (QED) is 0.862. The average molecular weight is 324 g/mol. The van der Waals surface area contributed by atoms with E-state index in [1.807, 2.05) is 14.0 Å². The van der Waals surface area contributed by atoms with Crippen LogP contribution in [0.15, 0.2) is 29.2 Å². The van der Waals surface area contributed by atoms with Crippen LogP contribution in [0, 0.1) is 5.92 Å². The van der Waals surface area contributed by atoms with Gasteiger partial charge >= 0.3 is 0 Å². The maximum atomic E-state index is 12.7. The second-order valence-corrected chi connectivity index (χ2v) is 7.86. The second-order valence-electron chi connectivity index (χ2n) is 5.78. The van der Waals surface area contributed by atoms with E-state index in [4.69, 9.17) is 0 Å². The summed E-state index contributed by atoms with van der Waals surface area (Å²) in [5.74, 6) is 0.335. The maximum Gasteiger partial charge on any atom is 0.255 e. The monoisotopic (exact) mass is 324 g/mol. The Morgan fingerprint density at radius 2 is 2.09 bits per heavy atom. The summed E-state index contributed by atoms with van der Waals surface area (Å²) in [5, 5.41) is 3.13. The van der Waals surface area contributed by atoms with Gasteiger partial charge in [0, 0.05) is 13.1 Å². The lowest BCUT2D eigenvalue weighted by atomic mass is 10.1. The van der Waals surface area contributed by atoms with Crippen molar-refractivity contribution < 1.29 is 13.2 Å². The van der Waals surface area contributed by atoms with Crippen molar-refractivity contribution in [3.05, 3.63) is 29.8 Å². The largest absolute Gasteiger partial charge is 0.338 e. The molecule has 122 valence electrons. The van der Waals surface area contributed by atoms with Gasteiger partial charge in [-0.05, 0) is 44.5 Å². The molecule has 2 rings (SSSR count). The van der Waals surface area contributed by atoms with Gasteiger partial charge in [-0.2, -0.15) is 0 Å². The van der Waals surface area contributed by atoms with Crippen LogP contribution in [0.2, 0.25) is 0 Å². The highest BCUT2D eigenvalue weighted by Crippen LogP contribution is 2.23. The lowest BCUT2D eigenvalue weighted by Gasteiger charge is -2.18. The summed E-state index contributed by atoms with van der Waals surface area (Å²) in [6.45, 7) is 4.07. The van der Waals surface area contributed by atoms with Gasteiger partial charge in [0.2, 0.25) is 0 Å². The summed E-state index contributed by atoms with van der Waals surface area (Å²) in [4.78, 5) is 14.6. The van der Waals surface area contributed by atoms with E-state index in [1.54, 1.807) is 29.2 Å². The van der Waals surface area contributed by atoms with Crippen LogP contribution in [0.25, 0.3) is 0 Å². The minimum Gasteiger partial charge on any atom is -0.338 e. The van der Waals surface area contributed by atoms with Crippen LogP contribution >= 0.6 is 0 Å². The zero-order valence-electron chi connectivity index (χ0n) is 13.2. The van der Waals surface area contributed by atoms with Gasteiger partial charge < -0.3 is 10.2 Å². The number of rotatable bonds is 6. The van der Waals surface area contributed by atoms with Crippen LogP contribution in [0.3, 0.4) is 0 Å². The summed E-state index contributed by atoms with van der Waals surface area (Å²) < 4.78 is 24.7. The van der Waals surface area contributed by atoms with Crippen LogP contribution in [0.1, 0.15) is 30.1 Å². The van der Waals surface area contributed by atoms with Gasteiger partial charge in [0.05, 0.1) is 16.2 Å². The van der Waals surface area contributed by atoms with Crippen molar-refractivity contribution in [2.75, 3.05) is 32.4 Å². The third-order valence-corrected chi connectivity index (χ3v) is 5.96. The SMILES string of the molecule is CCCS(=O)(=O)c1ccccc1C(=O)N1CC[C@@H](CNC)C1. The Morgan fingerprint density at radius 1 is 1.36 bits per heavy atom. The highest BCUT2D eigenvalue weighted by atomic mass is 32.2. The normalized spacial score (nSPS) is 18.6. The van der Waals surface area contributed by atoms with Crippen LogP contribution in [-0.4, -0.2) is 51.7 Å². The first-order valence-corrected chi connectivity index (χ1v) is 9.40. The minimum absolute atomic E-state index is 0.0691. The smallest absolute Gasteiger partial charge is 0.255 e. The molecule has 0 aromatic heterocycles. The van der Waals surface area contributed by atoms with Crippen molar-refractivity contribution in [3.8, 4) is 0 Å². The second kappa shape index (κ2) is 7.24. The maximum absolute atomic E-state index is 12.7. The van der Waals surface area contributed by atoms with Gasteiger partial charge in [0.15, 0.2) is 9.84 Å². The van der Waals surface area contributed by atoms with Crippen molar-refractivity contribution in [2.45, 2.75) is 24.7 Å². The lowest BCUT2D eigenvalue weighted by molar-refractivity contribution is 0.0783. The highest BCUT2D eigenvalue weighted by molar-refractivity contribution is 7.91. The molecule has 0 bridgehead atoms. The molecule has 1 aromatic rings. The van der Waals surface area contributed by atoms with Gasteiger partial charge in [-0.3, -0.25) is 4.79 Å². The summed E-state index contributed by atoms with van der Waals surface area (Å²) in [7, 11) is -1.50. The Kier molecular flexibility index (Phi) is 5.58. The molecule has 6 heteroatoms. The average Bonchev–Trinajstić information content (AvgIpc) is 2.95. The molecule has 1 aliphatic rings. The van der Waals surface area contributed by atoms with E-state index in [2.05, 4.69) is 5.32 Å². The van der Waals surface area contributed by atoms with Gasteiger partial charge in [-0.15, -0.1) is 0 Å². The van der Waals surface area contributed by atoms with Crippen LogP contribution in [0.5, 0.6) is 0 Å². The summed E-state index contributed by atoms with van der Waals surface area (Å²) in [5.41, 5.74) is 0.307. The molecule has 1 fully saturated rings. The van der Waals surface area contributed by atoms with E-state index < -0.39 is 9.84 Å². The van der Waals surface area contributed by atoms with E-state index in [0.717, 1.165) is 13.0 Å². The van der Waals surface area contributed by atoms with Gasteiger partial charge in [0.1, 0.15) is 0 Å². The Bertz CT molecular complexity index is 628. The molecule has 1 saturated heterocycles. The molecular weight excluding hydrogens is 300 g/mol. The zero-order chi connectivity index (χ0) is 16.2. The molecule has 1 aliphatic heterocycles. The molecule has 1 N–H and O–H groups in total. The summed E-state index contributed by atoms with van der Waals surface area (Å²) >= 11 is 0. The molecule has 1 heterocycles. The number of benzene rings is 1. The van der Waals surface area contributed by atoms with Crippen LogP contribution < -0.4 is 5.32 Å². The van der Waals surface area contributed by atoms with Crippen molar-refractivity contribution in [1.82, 2.24) is 10.2 Å². The van der Waals surface area contributed by atoms with E-state index in [-0.39, 0.29) is 16.6 Å². The summed E-state index contributed by atoms with van der Waals surface area (Å²) in [6.07, 6.45) is 1.50. The number of hydrogen-bond acceptors (Lipinski definition) is 4. The number of hydrogen-bond donors (Lipinski definition) is 1. The Hall–Kier alpha value is -1.40. The standard InChI is InChI=1S/C16H24N2O3S/c1-3-10-22(20,21)15-7-5-4-6-14(15)16(19)18-9-8-13(12-18)11-17-2/h4-7,13,17H,3,8-12H2,1-2H3/t13-/m0/s1. The third kappa shape index (κ3) is 3.67. The Morgan fingerprint density at radius 3 is 2.77 bits per heavy atom. The van der Waals surface area contributed by atoms with Crippen molar-refractivity contribution >= 4 is 15.7 Å².